The molecular weight excluding hydrogens is 364 g/mol. The second-order valence-electron chi connectivity index (χ2n) is 5.06. The number of carbonyl (C=O) groups is 1. The van der Waals surface area contributed by atoms with Crippen LogP contribution < -0.4 is 5.73 Å². The summed E-state index contributed by atoms with van der Waals surface area (Å²) in [7, 11) is 1.38. The molecule has 0 radical (unpaired) electrons. The van der Waals surface area contributed by atoms with Gasteiger partial charge in [-0.05, 0) is 35.9 Å². The number of nitrogens with two attached hydrogens (primary N) is 1. The third-order valence-electron chi connectivity index (χ3n) is 3.46. The zero-order valence-corrected chi connectivity index (χ0v) is 15.3. The van der Waals surface area contributed by atoms with E-state index in [9.17, 15) is 4.79 Å². The van der Waals surface area contributed by atoms with Gasteiger partial charge in [0.15, 0.2) is 0 Å². The molecule has 0 aliphatic heterocycles. The number of ether oxygens (including phenoxy) is 1. The second kappa shape index (κ2) is 7.42. The van der Waals surface area contributed by atoms with Crippen LogP contribution >= 0.6 is 34.7 Å². The average Bonchev–Trinajstić information content (AvgIpc) is 3.01. The van der Waals surface area contributed by atoms with Crippen molar-refractivity contribution in [3.05, 3.63) is 58.1 Å². The maximum Gasteiger partial charge on any atom is 0.315 e. The first-order valence-corrected chi connectivity index (χ1v) is 9.41. The summed E-state index contributed by atoms with van der Waals surface area (Å²) in [6.07, 6.45) is 0. The summed E-state index contributed by atoms with van der Waals surface area (Å²) in [5, 5.41) is 1.31. The number of halogens is 1. The van der Waals surface area contributed by atoms with E-state index in [0.29, 0.717) is 10.7 Å². The first-order chi connectivity index (χ1) is 11.6. The average molecular weight is 379 g/mol. The normalized spacial score (nSPS) is 12.2. The highest BCUT2D eigenvalue weighted by molar-refractivity contribution is 8.00. The second-order valence-corrected chi connectivity index (χ2v) is 7.65. The van der Waals surface area contributed by atoms with Gasteiger partial charge in [-0.2, -0.15) is 0 Å². The van der Waals surface area contributed by atoms with Crippen LogP contribution in [0.15, 0.2) is 42.5 Å². The number of nitrogens with zero attached hydrogens (tertiary/aromatic N) is 1. The molecule has 2 N–H and O–H groups in total. The number of anilines is 1. The Morgan fingerprint density at radius 2 is 2.17 bits per heavy atom. The van der Waals surface area contributed by atoms with E-state index < -0.39 is 0 Å². The molecule has 3 aromatic rings. The van der Waals surface area contributed by atoms with Crippen LogP contribution in [0.25, 0.3) is 10.2 Å². The van der Waals surface area contributed by atoms with Crippen molar-refractivity contribution in [2.24, 2.45) is 0 Å². The van der Waals surface area contributed by atoms with E-state index in [0.717, 1.165) is 20.8 Å². The summed E-state index contributed by atoms with van der Waals surface area (Å²) >= 11 is 9.17. The van der Waals surface area contributed by atoms with Crippen molar-refractivity contribution in [2.75, 3.05) is 18.6 Å². The number of fused-ring (bicyclic) bond motifs is 1. The zero-order valence-electron chi connectivity index (χ0n) is 12.9. The molecular formula is C17H15ClN2O2S2. The van der Waals surface area contributed by atoms with Gasteiger partial charge < -0.3 is 10.5 Å². The SMILES string of the molecule is COC(=O)CSC(c1nc2ccccc2s1)c1cc(Cl)ccc1N. The lowest BCUT2D eigenvalue weighted by Crippen LogP contribution is -2.08. The highest BCUT2D eigenvalue weighted by atomic mass is 35.5. The van der Waals surface area contributed by atoms with Crippen molar-refractivity contribution in [1.82, 2.24) is 4.98 Å². The Labute approximate surface area is 153 Å². The lowest BCUT2D eigenvalue weighted by atomic mass is 10.1. The van der Waals surface area contributed by atoms with Gasteiger partial charge in [0, 0.05) is 10.7 Å². The molecule has 1 atom stereocenters. The topological polar surface area (TPSA) is 65.2 Å². The minimum atomic E-state index is -0.285. The number of thiazole rings is 1. The van der Waals surface area contributed by atoms with Crippen LogP contribution in [0, 0.1) is 0 Å². The van der Waals surface area contributed by atoms with E-state index >= 15 is 0 Å². The molecule has 0 saturated carbocycles. The van der Waals surface area contributed by atoms with Crippen LogP contribution in [-0.2, 0) is 9.53 Å². The third-order valence-corrected chi connectivity index (χ3v) is 6.16. The largest absolute Gasteiger partial charge is 0.468 e. The highest BCUT2D eigenvalue weighted by Gasteiger charge is 2.23. The predicted octanol–water partition coefficient (Wildman–Crippen LogP) is 4.53. The van der Waals surface area contributed by atoms with Crippen LogP contribution in [0.3, 0.4) is 0 Å². The molecule has 1 aromatic heterocycles. The number of thioether (sulfide) groups is 1. The predicted molar refractivity (Wildman–Crippen MR) is 102 cm³/mol. The number of rotatable bonds is 5. The van der Waals surface area contributed by atoms with Crippen molar-refractivity contribution in [3.63, 3.8) is 0 Å². The number of aromatic nitrogens is 1. The summed E-state index contributed by atoms with van der Waals surface area (Å²) in [5.74, 6) is -0.0741. The molecule has 0 amide bonds. The number of benzene rings is 2. The number of nitrogen functional groups attached to an aromatic ring is 1. The van der Waals surface area contributed by atoms with E-state index in [-0.39, 0.29) is 17.0 Å². The minimum Gasteiger partial charge on any atom is -0.468 e. The smallest absolute Gasteiger partial charge is 0.315 e. The highest BCUT2D eigenvalue weighted by Crippen LogP contribution is 2.42. The Morgan fingerprint density at radius 1 is 1.38 bits per heavy atom. The van der Waals surface area contributed by atoms with Gasteiger partial charge in [-0.1, -0.05) is 23.7 Å². The number of methoxy groups -OCH3 is 1. The third kappa shape index (κ3) is 3.66. The first kappa shape index (κ1) is 17.1. The van der Waals surface area contributed by atoms with Gasteiger partial charge in [-0.15, -0.1) is 23.1 Å². The number of esters is 1. The zero-order chi connectivity index (χ0) is 17.1. The number of hydrogen-bond donors (Lipinski definition) is 1. The fourth-order valence-electron chi connectivity index (χ4n) is 2.28. The standard InChI is InChI=1S/C17H15ClN2O2S2/c1-22-15(21)9-23-16(11-8-10(18)6-7-12(11)19)17-20-13-4-2-3-5-14(13)24-17/h2-8,16H,9,19H2,1H3. The van der Waals surface area contributed by atoms with E-state index in [2.05, 4.69) is 0 Å². The fourth-order valence-corrected chi connectivity index (χ4v) is 4.78. The minimum absolute atomic E-state index is 0.180. The summed E-state index contributed by atoms with van der Waals surface area (Å²) in [6.45, 7) is 0. The lowest BCUT2D eigenvalue weighted by Gasteiger charge is -2.16. The molecule has 3 rings (SSSR count). The van der Waals surface area contributed by atoms with Crippen molar-refractivity contribution in [3.8, 4) is 0 Å². The Bertz CT molecular complexity index is 849. The number of para-hydroxylation sites is 1. The monoisotopic (exact) mass is 378 g/mol. The van der Waals surface area contributed by atoms with E-state index in [1.54, 1.807) is 23.5 Å². The van der Waals surface area contributed by atoms with Gasteiger partial charge in [-0.3, -0.25) is 4.79 Å². The Balaban J connectivity index is 2.03. The maximum atomic E-state index is 11.6. The van der Waals surface area contributed by atoms with E-state index in [1.807, 2.05) is 30.3 Å². The van der Waals surface area contributed by atoms with E-state index in [1.165, 1.54) is 18.9 Å². The number of hydrogen-bond acceptors (Lipinski definition) is 6. The Kier molecular flexibility index (Phi) is 5.28. The Hall–Kier alpha value is -1.76. The van der Waals surface area contributed by atoms with Crippen LogP contribution in [0.1, 0.15) is 15.8 Å². The van der Waals surface area contributed by atoms with Gasteiger partial charge in [-0.25, -0.2) is 4.98 Å². The summed E-state index contributed by atoms with van der Waals surface area (Å²) in [6, 6.07) is 13.3. The molecule has 0 spiro atoms. The van der Waals surface area contributed by atoms with E-state index in [4.69, 9.17) is 27.1 Å². The molecule has 0 aliphatic carbocycles. The van der Waals surface area contributed by atoms with Gasteiger partial charge >= 0.3 is 5.97 Å². The molecule has 0 aliphatic rings. The molecule has 4 nitrogen and oxygen atoms in total. The van der Waals surface area contributed by atoms with Gasteiger partial charge in [0.25, 0.3) is 0 Å². The lowest BCUT2D eigenvalue weighted by molar-refractivity contribution is -0.137. The van der Waals surface area contributed by atoms with Crippen molar-refractivity contribution >= 4 is 56.6 Å². The quantitative estimate of drug-likeness (QED) is 0.522. The van der Waals surface area contributed by atoms with Crippen molar-refractivity contribution in [1.29, 1.82) is 0 Å². The van der Waals surface area contributed by atoms with Gasteiger partial charge in [0.05, 0.1) is 28.3 Å². The summed E-state index contributed by atoms with van der Waals surface area (Å²) in [5.41, 5.74) is 8.56. The van der Waals surface area contributed by atoms with Gasteiger partial charge in [0.1, 0.15) is 5.01 Å². The van der Waals surface area contributed by atoms with Crippen LogP contribution in [0.4, 0.5) is 5.69 Å². The number of carbonyl (C=O) groups excluding carboxylic acids is 1. The molecule has 0 bridgehead atoms. The van der Waals surface area contributed by atoms with Crippen LogP contribution in [0.5, 0.6) is 0 Å². The van der Waals surface area contributed by atoms with Crippen molar-refractivity contribution < 1.29 is 9.53 Å². The molecule has 2 aromatic carbocycles. The van der Waals surface area contributed by atoms with Crippen LogP contribution in [0.2, 0.25) is 5.02 Å². The van der Waals surface area contributed by atoms with Gasteiger partial charge in [0.2, 0.25) is 0 Å². The molecule has 7 heteroatoms. The maximum absolute atomic E-state index is 11.6. The first-order valence-electron chi connectivity index (χ1n) is 7.17. The Morgan fingerprint density at radius 3 is 2.92 bits per heavy atom. The molecule has 1 unspecified atom stereocenters. The van der Waals surface area contributed by atoms with Crippen molar-refractivity contribution in [2.45, 2.75) is 5.25 Å². The van der Waals surface area contributed by atoms with Crippen LogP contribution in [-0.4, -0.2) is 23.8 Å². The molecule has 1 heterocycles. The molecule has 124 valence electrons. The molecule has 0 saturated heterocycles. The summed E-state index contributed by atoms with van der Waals surface area (Å²) in [4.78, 5) is 16.3. The molecule has 24 heavy (non-hydrogen) atoms. The molecule has 0 fully saturated rings. The fraction of sp³-hybridized carbons (Fsp3) is 0.176. The summed E-state index contributed by atoms with van der Waals surface area (Å²) < 4.78 is 5.85.